The van der Waals surface area contributed by atoms with Gasteiger partial charge in [0.25, 0.3) is 5.91 Å². The van der Waals surface area contributed by atoms with Crippen molar-refractivity contribution >= 4 is 34.7 Å². The molecular formula is C20H16ClN3O3. The molecule has 3 aromatic rings. The van der Waals surface area contributed by atoms with Gasteiger partial charge >= 0.3 is 0 Å². The summed E-state index contributed by atoms with van der Waals surface area (Å²) in [4.78, 5) is 16.7. The number of carbonyl (C=O) groups excluding carboxylic acids is 1. The van der Waals surface area contributed by atoms with Gasteiger partial charge in [-0.25, -0.2) is 4.98 Å². The lowest BCUT2D eigenvalue weighted by atomic mass is 10.2. The minimum atomic E-state index is -0.271. The van der Waals surface area contributed by atoms with Crippen molar-refractivity contribution in [2.24, 2.45) is 0 Å². The van der Waals surface area contributed by atoms with E-state index < -0.39 is 0 Å². The molecular weight excluding hydrogens is 366 g/mol. The second-order valence-electron chi connectivity index (χ2n) is 5.99. The van der Waals surface area contributed by atoms with Crippen molar-refractivity contribution in [3.63, 3.8) is 0 Å². The normalized spacial score (nSPS) is 11.9. The second kappa shape index (κ2) is 7.17. The van der Waals surface area contributed by atoms with E-state index >= 15 is 0 Å². The monoisotopic (exact) mass is 381 g/mol. The van der Waals surface area contributed by atoms with Gasteiger partial charge in [-0.2, -0.15) is 0 Å². The number of anilines is 3. The van der Waals surface area contributed by atoms with E-state index in [1.54, 1.807) is 30.5 Å². The van der Waals surface area contributed by atoms with Crippen molar-refractivity contribution in [2.45, 2.75) is 6.92 Å². The molecule has 2 heterocycles. The van der Waals surface area contributed by atoms with Crippen LogP contribution >= 0.6 is 11.6 Å². The molecule has 0 spiro atoms. The fourth-order valence-corrected chi connectivity index (χ4v) is 2.84. The maximum atomic E-state index is 12.4. The first-order valence-electron chi connectivity index (χ1n) is 8.29. The molecule has 0 unspecified atom stereocenters. The Kier molecular flexibility index (Phi) is 4.56. The molecule has 0 aliphatic carbocycles. The summed E-state index contributed by atoms with van der Waals surface area (Å²) in [7, 11) is 0. The molecule has 0 saturated heterocycles. The number of pyridine rings is 1. The van der Waals surface area contributed by atoms with E-state index in [4.69, 9.17) is 21.1 Å². The fraction of sp³-hybridized carbons (Fsp3) is 0.100. The molecule has 4 rings (SSSR count). The van der Waals surface area contributed by atoms with Crippen LogP contribution in [0.5, 0.6) is 11.5 Å². The molecule has 0 saturated carbocycles. The van der Waals surface area contributed by atoms with Crippen LogP contribution < -0.4 is 20.1 Å². The van der Waals surface area contributed by atoms with E-state index in [9.17, 15) is 4.79 Å². The highest BCUT2D eigenvalue weighted by Gasteiger charge is 2.16. The zero-order valence-electron chi connectivity index (χ0n) is 14.5. The second-order valence-corrected chi connectivity index (χ2v) is 6.40. The van der Waals surface area contributed by atoms with Crippen molar-refractivity contribution in [3.05, 3.63) is 70.9 Å². The van der Waals surface area contributed by atoms with Crippen molar-refractivity contribution in [1.82, 2.24) is 4.98 Å². The maximum Gasteiger partial charge on any atom is 0.256 e. The van der Waals surface area contributed by atoms with Crippen molar-refractivity contribution in [3.8, 4) is 11.5 Å². The van der Waals surface area contributed by atoms with Gasteiger partial charge in [-0.1, -0.05) is 17.7 Å². The number of aromatic nitrogens is 1. The highest BCUT2D eigenvalue weighted by Crippen LogP contribution is 2.32. The van der Waals surface area contributed by atoms with Gasteiger partial charge in [-0.15, -0.1) is 0 Å². The van der Waals surface area contributed by atoms with E-state index in [1.165, 1.54) is 0 Å². The van der Waals surface area contributed by atoms with Crippen LogP contribution in [0.3, 0.4) is 0 Å². The lowest BCUT2D eigenvalue weighted by molar-refractivity contribution is 0.102. The van der Waals surface area contributed by atoms with Crippen molar-refractivity contribution in [1.29, 1.82) is 0 Å². The average Bonchev–Trinajstić information content (AvgIpc) is 3.15. The Balaban J connectivity index is 1.44. The summed E-state index contributed by atoms with van der Waals surface area (Å²) in [6.07, 6.45) is 1.65. The molecule has 7 heteroatoms. The highest BCUT2D eigenvalue weighted by atomic mass is 35.5. The molecule has 0 atom stereocenters. The predicted octanol–water partition coefficient (Wildman–Crippen LogP) is 4.77. The van der Waals surface area contributed by atoms with Crippen LogP contribution in [0.25, 0.3) is 0 Å². The number of fused-ring (bicyclic) bond motifs is 1. The fourth-order valence-electron chi connectivity index (χ4n) is 2.67. The van der Waals surface area contributed by atoms with Crippen LogP contribution in [-0.4, -0.2) is 17.7 Å². The molecule has 1 amide bonds. The average molecular weight is 382 g/mol. The quantitative estimate of drug-likeness (QED) is 0.681. The lowest BCUT2D eigenvalue weighted by Gasteiger charge is -2.11. The molecule has 1 aliphatic heterocycles. The summed E-state index contributed by atoms with van der Waals surface area (Å²) in [5, 5.41) is 6.72. The lowest BCUT2D eigenvalue weighted by Crippen LogP contribution is -2.12. The van der Waals surface area contributed by atoms with Gasteiger partial charge in [0, 0.05) is 16.3 Å². The summed E-state index contributed by atoms with van der Waals surface area (Å²) >= 11 is 6.14. The number of halogens is 1. The molecule has 27 heavy (non-hydrogen) atoms. The molecule has 2 aromatic carbocycles. The molecule has 136 valence electrons. The first-order chi connectivity index (χ1) is 13.1. The number of rotatable bonds is 4. The third kappa shape index (κ3) is 3.66. The highest BCUT2D eigenvalue weighted by molar-refractivity contribution is 6.31. The van der Waals surface area contributed by atoms with Gasteiger partial charge < -0.3 is 20.1 Å². The zero-order chi connectivity index (χ0) is 18.8. The van der Waals surface area contributed by atoms with Crippen LogP contribution in [0.2, 0.25) is 5.02 Å². The SMILES string of the molecule is Cc1c(Cl)cccc1Nc1ccc(NC(=O)c2ccc3c(c2)OCO3)nc1. The van der Waals surface area contributed by atoms with Gasteiger partial charge in [0.15, 0.2) is 11.5 Å². The van der Waals surface area contributed by atoms with E-state index in [0.717, 1.165) is 16.9 Å². The minimum absolute atomic E-state index is 0.169. The van der Waals surface area contributed by atoms with Crippen LogP contribution in [0, 0.1) is 6.92 Å². The third-order valence-corrected chi connectivity index (χ3v) is 4.60. The first kappa shape index (κ1) is 17.2. The summed E-state index contributed by atoms with van der Waals surface area (Å²) in [6, 6.07) is 14.3. The number of nitrogens with zero attached hydrogens (tertiary/aromatic N) is 1. The Hall–Kier alpha value is -3.25. The van der Waals surface area contributed by atoms with Gasteiger partial charge in [-0.3, -0.25) is 4.79 Å². The number of hydrogen-bond donors (Lipinski definition) is 2. The minimum Gasteiger partial charge on any atom is -0.454 e. The number of carbonyl (C=O) groups is 1. The summed E-state index contributed by atoms with van der Waals surface area (Å²) < 4.78 is 10.5. The Morgan fingerprint density at radius 2 is 1.96 bits per heavy atom. The number of ether oxygens (including phenoxy) is 2. The number of amides is 1. The predicted molar refractivity (Wildman–Crippen MR) is 104 cm³/mol. The number of benzene rings is 2. The van der Waals surface area contributed by atoms with Gasteiger partial charge in [0.1, 0.15) is 5.82 Å². The third-order valence-electron chi connectivity index (χ3n) is 4.19. The number of nitrogens with one attached hydrogen (secondary N) is 2. The maximum absolute atomic E-state index is 12.4. The Labute approximate surface area is 161 Å². The van der Waals surface area contributed by atoms with Crippen LogP contribution in [0.4, 0.5) is 17.2 Å². The molecule has 6 nitrogen and oxygen atoms in total. The first-order valence-corrected chi connectivity index (χ1v) is 8.67. The molecule has 1 aliphatic rings. The van der Waals surface area contributed by atoms with Gasteiger partial charge in [0.05, 0.1) is 11.9 Å². The van der Waals surface area contributed by atoms with E-state index in [2.05, 4.69) is 15.6 Å². The largest absolute Gasteiger partial charge is 0.454 e. The molecule has 0 bridgehead atoms. The molecule has 0 radical (unpaired) electrons. The van der Waals surface area contributed by atoms with Crippen LogP contribution in [0.1, 0.15) is 15.9 Å². The molecule has 2 N–H and O–H groups in total. The molecule has 0 fully saturated rings. The number of hydrogen-bond acceptors (Lipinski definition) is 5. The van der Waals surface area contributed by atoms with Gasteiger partial charge in [-0.05, 0) is 55.0 Å². The van der Waals surface area contributed by atoms with Crippen LogP contribution in [-0.2, 0) is 0 Å². The van der Waals surface area contributed by atoms with E-state index in [-0.39, 0.29) is 12.7 Å². The van der Waals surface area contributed by atoms with E-state index in [0.29, 0.717) is 27.9 Å². The topological polar surface area (TPSA) is 72.5 Å². The molecule has 1 aromatic heterocycles. The standard InChI is InChI=1S/C20H16ClN3O3/c1-12-15(21)3-2-4-16(12)23-14-6-8-19(22-10-14)24-20(25)13-5-7-17-18(9-13)27-11-26-17/h2-10,23H,11H2,1H3,(H,22,24,25). The summed E-state index contributed by atoms with van der Waals surface area (Å²) in [5.41, 5.74) is 3.13. The smallest absolute Gasteiger partial charge is 0.256 e. The van der Waals surface area contributed by atoms with Crippen LogP contribution in [0.15, 0.2) is 54.7 Å². The van der Waals surface area contributed by atoms with Crippen molar-refractivity contribution < 1.29 is 14.3 Å². The Morgan fingerprint density at radius 1 is 1.11 bits per heavy atom. The zero-order valence-corrected chi connectivity index (χ0v) is 15.2. The summed E-state index contributed by atoms with van der Waals surface area (Å²) in [6.45, 7) is 2.11. The Morgan fingerprint density at radius 3 is 2.78 bits per heavy atom. The van der Waals surface area contributed by atoms with Gasteiger partial charge in [0.2, 0.25) is 6.79 Å². The van der Waals surface area contributed by atoms with E-state index in [1.807, 2.05) is 31.2 Å². The van der Waals surface area contributed by atoms with Crippen molar-refractivity contribution in [2.75, 3.05) is 17.4 Å². The Bertz CT molecular complexity index is 1010. The summed E-state index contributed by atoms with van der Waals surface area (Å²) in [5.74, 6) is 1.38.